The Bertz CT molecular complexity index is 708. The maximum absolute atomic E-state index is 9.36. The van der Waals surface area contributed by atoms with E-state index in [1.807, 2.05) is 18.2 Å². The van der Waals surface area contributed by atoms with Gasteiger partial charge in [0, 0.05) is 5.56 Å². The number of hydrogen-bond acceptors (Lipinski definition) is 3. The summed E-state index contributed by atoms with van der Waals surface area (Å²) in [5, 5.41) is 11.7. The Hall–Kier alpha value is -1.23. The van der Waals surface area contributed by atoms with Gasteiger partial charge in [0.2, 0.25) is 0 Å². The average Bonchev–Trinajstić information content (AvgIpc) is 2.79. The van der Waals surface area contributed by atoms with E-state index in [1.54, 1.807) is 0 Å². The Morgan fingerprint density at radius 2 is 1.89 bits per heavy atom. The fourth-order valence-electron chi connectivity index (χ4n) is 1.99. The molecule has 0 atom stereocenters. The van der Waals surface area contributed by atoms with E-state index in [4.69, 9.17) is 0 Å². The summed E-state index contributed by atoms with van der Waals surface area (Å²) in [7, 11) is 0. The van der Waals surface area contributed by atoms with Gasteiger partial charge in [-0.2, -0.15) is 0 Å². The normalized spacial score (nSPS) is 11.0. The predicted octanol–water partition coefficient (Wildman–Crippen LogP) is 4.22. The van der Waals surface area contributed by atoms with Gasteiger partial charge in [-0.3, -0.25) is 0 Å². The SMILES string of the molecule is OCc1sc(Br)nc1-c1ccc2ccccc2c1. The van der Waals surface area contributed by atoms with Gasteiger partial charge in [-0.15, -0.1) is 11.3 Å². The van der Waals surface area contributed by atoms with Crippen molar-refractivity contribution >= 4 is 38.0 Å². The first-order valence-corrected chi connectivity index (χ1v) is 7.14. The molecule has 0 amide bonds. The molecule has 0 radical (unpaired) electrons. The van der Waals surface area contributed by atoms with Crippen LogP contribution in [0.2, 0.25) is 0 Å². The van der Waals surface area contributed by atoms with E-state index in [0.29, 0.717) is 0 Å². The van der Waals surface area contributed by atoms with Crippen molar-refractivity contribution in [2.24, 2.45) is 0 Å². The highest BCUT2D eigenvalue weighted by atomic mass is 79.9. The van der Waals surface area contributed by atoms with Crippen LogP contribution in [0.4, 0.5) is 0 Å². The summed E-state index contributed by atoms with van der Waals surface area (Å²) in [6.07, 6.45) is 0. The smallest absolute Gasteiger partial charge is 0.160 e. The number of rotatable bonds is 2. The van der Waals surface area contributed by atoms with Crippen molar-refractivity contribution < 1.29 is 5.11 Å². The lowest BCUT2D eigenvalue weighted by atomic mass is 10.0. The van der Waals surface area contributed by atoms with Gasteiger partial charge in [0.1, 0.15) is 0 Å². The number of halogens is 1. The summed E-state index contributed by atoms with van der Waals surface area (Å²) in [5.74, 6) is 0. The van der Waals surface area contributed by atoms with Crippen molar-refractivity contribution in [2.75, 3.05) is 0 Å². The predicted molar refractivity (Wildman–Crippen MR) is 78.7 cm³/mol. The molecule has 90 valence electrons. The summed E-state index contributed by atoms with van der Waals surface area (Å²) in [6.45, 7) is 0.0193. The summed E-state index contributed by atoms with van der Waals surface area (Å²) in [4.78, 5) is 5.32. The van der Waals surface area contributed by atoms with Gasteiger partial charge in [0.25, 0.3) is 0 Å². The van der Waals surface area contributed by atoms with Crippen molar-refractivity contribution in [1.29, 1.82) is 0 Å². The molecule has 0 aliphatic heterocycles. The van der Waals surface area contributed by atoms with Crippen molar-refractivity contribution in [3.05, 3.63) is 51.3 Å². The third kappa shape index (κ3) is 2.07. The highest BCUT2D eigenvalue weighted by Crippen LogP contribution is 2.32. The third-order valence-corrected chi connectivity index (χ3v) is 4.33. The number of nitrogens with zero attached hydrogens (tertiary/aromatic N) is 1. The molecule has 0 fully saturated rings. The Labute approximate surface area is 117 Å². The quantitative estimate of drug-likeness (QED) is 0.767. The number of benzene rings is 2. The molecule has 0 saturated carbocycles. The average molecular weight is 320 g/mol. The molecule has 1 N–H and O–H groups in total. The lowest BCUT2D eigenvalue weighted by molar-refractivity contribution is 0.286. The molecule has 0 aliphatic carbocycles. The van der Waals surface area contributed by atoms with E-state index < -0.39 is 0 Å². The molecule has 4 heteroatoms. The number of aromatic nitrogens is 1. The van der Waals surface area contributed by atoms with E-state index in [9.17, 15) is 5.11 Å². The minimum Gasteiger partial charge on any atom is -0.391 e. The Kier molecular flexibility index (Phi) is 3.16. The second-order valence-electron chi connectivity index (χ2n) is 3.96. The first kappa shape index (κ1) is 11.8. The topological polar surface area (TPSA) is 33.1 Å². The monoisotopic (exact) mass is 319 g/mol. The van der Waals surface area contributed by atoms with E-state index in [-0.39, 0.29) is 6.61 Å². The Morgan fingerprint density at radius 1 is 1.11 bits per heavy atom. The van der Waals surface area contributed by atoms with E-state index >= 15 is 0 Å². The van der Waals surface area contributed by atoms with Crippen LogP contribution >= 0.6 is 27.3 Å². The minimum absolute atomic E-state index is 0.0193. The zero-order valence-electron chi connectivity index (χ0n) is 9.43. The van der Waals surface area contributed by atoms with Crippen LogP contribution < -0.4 is 0 Å². The van der Waals surface area contributed by atoms with Gasteiger partial charge >= 0.3 is 0 Å². The molecule has 2 nitrogen and oxygen atoms in total. The number of thiazole rings is 1. The van der Waals surface area contributed by atoms with Crippen LogP contribution in [0.15, 0.2) is 46.4 Å². The molecule has 1 aromatic heterocycles. The highest BCUT2D eigenvalue weighted by molar-refractivity contribution is 9.11. The van der Waals surface area contributed by atoms with Crippen LogP contribution in [0.3, 0.4) is 0 Å². The highest BCUT2D eigenvalue weighted by Gasteiger charge is 2.11. The van der Waals surface area contributed by atoms with Gasteiger partial charge in [0.05, 0.1) is 17.2 Å². The molecule has 0 unspecified atom stereocenters. The first-order chi connectivity index (χ1) is 8.78. The molecular weight excluding hydrogens is 310 g/mol. The maximum atomic E-state index is 9.36. The fraction of sp³-hybridized carbons (Fsp3) is 0.0714. The fourth-order valence-corrected chi connectivity index (χ4v) is 3.42. The van der Waals surface area contributed by atoms with Crippen molar-refractivity contribution in [1.82, 2.24) is 4.98 Å². The van der Waals surface area contributed by atoms with Gasteiger partial charge < -0.3 is 5.11 Å². The minimum atomic E-state index is 0.0193. The van der Waals surface area contributed by atoms with Crippen LogP contribution in [0.5, 0.6) is 0 Å². The Morgan fingerprint density at radius 3 is 2.67 bits per heavy atom. The van der Waals surface area contributed by atoms with Crippen LogP contribution in [0.25, 0.3) is 22.0 Å². The molecular formula is C14H10BrNOS. The summed E-state index contributed by atoms with van der Waals surface area (Å²) in [6, 6.07) is 14.5. The van der Waals surface area contributed by atoms with Crippen LogP contribution in [0.1, 0.15) is 4.88 Å². The lowest BCUT2D eigenvalue weighted by Crippen LogP contribution is -1.85. The van der Waals surface area contributed by atoms with Gasteiger partial charge in [-0.1, -0.05) is 36.4 Å². The van der Waals surface area contributed by atoms with Crippen LogP contribution in [-0.2, 0) is 6.61 Å². The molecule has 3 aromatic rings. The zero-order chi connectivity index (χ0) is 12.5. The number of fused-ring (bicyclic) bond motifs is 1. The molecule has 1 heterocycles. The zero-order valence-corrected chi connectivity index (χ0v) is 11.8. The molecule has 0 bridgehead atoms. The van der Waals surface area contributed by atoms with Gasteiger partial charge in [0.15, 0.2) is 3.92 Å². The van der Waals surface area contributed by atoms with Gasteiger partial charge in [-0.25, -0.2) is 4.98 Å². The summed E-state index contributed by atoms with van der Waals surface area (Å²) >= 11 is 4.84. The van der Waals surface area contributed by atoms with Gasteiger partial charge in [-0.05, 0) is 32.8 Å². The molecule has 0 aliphatic rings. The summed E-state index contributed by atoms with van der Waals surface area (Å²) < 4.78 is 0.801. The number of aliphatic hydroxyl groups excluding tert-OH is 1. The van der Waals surface area contributed by atoms with Crippen molar-refractivity contribution in [3.63, 3.8) is 0 Å². The lowest BCUT2D eigenvalue weighted by Gasteiger charge is -2.02. The van der Waals surface area contributed by atoms with Crippen molar-refractivity contribution in [3.8, 4) is 11.3 Å². The molecule has 3 rings (SSSR count). The maximum Gasteiger partial charge on any atom is 0.160 e. The van der Waals surface area contributed by atoms with Crippen LogP contribution in [0, 0.1) is 0 Å². The van der Waals surface area contributed by atoms with E-state index in [1.165, 1.54) is 22.1 Å². The van der Waals surface area contributed by atoms with E-state index in [2.05, 4.69) is 45.2 Å². The second kappa shape index (κ2) is 4.80. The first-order valence-electron chi connectivity index (χ1n) is 5.53. The standard InChI is InChI=1S/C14H10BrNOS/c15-14-16-13(12(8-17)18-14)11-6-5-9-3-1-2-4-10(9)7-11/h1-7,17H,8H2. The molecule has 0 spiro atoms. The third-order valence-electron chi connectivity index (χ3n) is 2.84. The molecule has 2 aromatic carbocycles. The summed E-state index contributed by atoms with van der Waals surface area (Å²) in [5.41, 5.74) is 1.90. The van der Waals surface area contributed by atoms with Crippen LogP contribution in [-0.4, -0.2) is 10.1 Å². The molecule has 18 heavy (non-hydrogen) atoms. The largest absolute Gasteiger partial charge is 0.391 e. The number of hydrogen-bond donors (Lipinski definition) is 1. The van der Waals surface area contributed by atoms with Crippen molar-refractivity contribution in [2.45, 2.75) is 6.61 Å². The van der Waals surface area contributed by atoms with E-state index in [0.717, 1.165) is 20.1 Å². The Balaban J connectivity index is 2.18. The second-order valence-corrected chi connectivity index (χ2v) is 6.32. The molecule has 0 saturated heterocycles. The number of aliphatic hydroxyl groups is 1.